The average molecular weight is 485 g/mol. The fourth-order valence-corrected chi connectivity index (χ4v) is 4.27. The lowest BCUT2D eigenvalue weighted by Gasteiger charge is -2.24. The van der Waals surface area contributed by atoms with Crippen LogP contribution in [-0.4, -0.2) is 66.7 Å². The van der Waals surface area contributed by atoms with Gasteiger partial charge in [0.25, 0.3) is 0 Å². The SMILES string of the molecule is COCCCC(NC(=O)OCC1c2ccccc2-c2ccccc21)C(=O)NCC(C)(O)CC(=O)O. The second kappa shape index (κ2) is 11.8. The predicted molar refractivity (Wildman–Crippen MR) is 129 cm³/mol. The molecular weight excluding hydrogens is 452 g/mol. The number of hydrogen-bond donors (Lipinski definition) is 4. The molecule has 9 heteroatoms. The molecule has 2 atom stereocenters. The largest absolute Gasteiger partial charge is 0.481 e. The first kappa shape index (κ1) is 26.2. The summed E-state index contributed by atoms with van der Waals surface area (Å²) in [7, 11) is 1.54. The number of aliphatic hydroxyl groups is 1. The molecular formula is C26H32N2O7. The highest BCUT2D eigenvalue weighted by molar-refractivity contribution is 5.86. The van der Waals surface area contributed by atoms with E-state index in [9.17, 15) is 19.5 Å². The van der Waals surface area contributed by atoms with Crippen molar-refractivity contribution < 1.29 is 34.1 Å². The number of nitrogens with one attached hydrogen (secondary N) is 2. The Hall–Kier alpha value is -3.43. The van der Waals surface area contributed by atoms with Gasteiger partial charge in [0.1, 0.15) is 12.6 Å². The van der Waals surface area contributed by atoms with Crippen molar-refractivity contribution in [3.63, 3.8) is 0 Å². The minimum atomic E-state index is -1.62. The van der Waals surface area contributed by atoms with E-state index in [1.807, 2.05) is 48.5 Å². The molecule has 9 nitrogen and oxygen atoms in total. The van der Waals surface area contributed by atoms with Gasteiger partial charge in [0, 0.05) is 26.2 Å². The van der Waals surface area contributed by atoms with Gasteiger partial charge < -0.3 is 30.3 Å². The van der Waals surface area contributed by atoms with Crippen molar-refractivity contribution in [3.05, 3.63) is 59.7 Å². The molecule has 0 saturated heterocycles. The Morgan fingerprint density at radius 2 is 1.66 bits per heavy atom. The number of benzene rings is 2. The standard InChI is InChI=1S/C26H32N2O7/c1-26(33,14-23(29)30)16-27-24(31)22(12-7-13-34-2)28-25(32)35-15-21-19-10-5-3-8-17(19)18-9-4-6-11-20(18)21/h3-6,8-11,21-22,33H,7,12-16H2,1-2H3,(H,27,31)(H,28,32)(H,29,30). The Bertz CT molecular complexity index is 1010. The van der Waals surface area contributed by atoms with E-state index in [1.165, 1.54) is 14.0 Å². The molecule has 4 N–H and O–H groups in total. The molecule has 2 unspecified atom stereocenters. The first-order valence-electron chi connectivity index (χ1n) is 11.5. The van der Waals surface area contributed by atoms with Crippen molar-refractivity contribution in [1.29, 1.82) is 0 Å². The van der Waals surface area contributed by atoms with Gasteiger partial charge in [0.05, 0.1) is 12.0 Å². The molecule has 1 aliphatic carbocycles. The highest BCUT2D eigenvalue weighted by atomic mass is 16.5. The lowest BCUT2D eigenvalue weighted by atomic mass is 9.98. The van der Waals surface area contributed by atoms with Crippen LogP contribution in [0.5, 0.6) is 0 Å². The Labute approximate surface area is 204 Å². The van der Waals surface area contributed by atoms with Crippen molar-refractivity contribution in [2.75, 3.05) is 26.9 Å². The Balaban J connectivity index is 1.61. The molecule has 2 aromatic carbocycles. The number of amides is 2. The van der Waals surface area contributed by atoms with E-state index in [0.717, 1.165) is 22.3 Å². The monoisotopic (exact) mass is 484 g/mol. The Kier molecular flexibility index (Phi) is 8.84. The van der Waals surface area contributed by atoms with Gasteiger partial charge in [0.2, 0.25) is 5.91 Å². The van der Waals surface area contributed by atoms with E-state index < -0.39 is 36.0 Å². The number of rotatable bonds is 12. The Morgan fingerprint density at radius 1 is 1.06 bits per heavy atom. The quantitative estimate of drug-likeness (QED) is 0.340. The van der Waals surface area contributed by atoms with Gasteiger partial charge in [-0.1, -0.05) is 48.5 Å². The number of ether oxygens (including phenoxy) is 2. The van der Waals surface area contributed by atoms with E-state index >= 15 is 0 Å². The van der Waals surface area contributed by atoms with Gasteiger partial charge in [-0.2, -0.15) is 0 Å². The maximum Gasteiger partial charge on any atom is 0.407 e. The average Bonchev–Trinajstić information content (AvgIpc) is 3.14. The predicted octanol–water partition coefficient (Wildman–Crippen LogP) is 2.66. The molecule has 0 aliphatic heterocycles. The fraction of sp³-hybridized carbons (Fsp3) is 0.423. The van der Waals surface area contributed by atoms with E-state index in [1.54, 1.807) is 0 Å². The number of fused-ring (bicyclic) bond motifs is 3. The minimum Gasteiger partial charge on any atom is -0.481 e. The number of carboxylic acids is 1. The maximum atomic E-state index is 12.7. The fourth-order valence-electron chi connectivity index (χ4n) is 4.27. The Morgan fingerprint density at radius 3 is 2.23 bits per heavy atom. The molecule has 188 valence electrons. The van der Waals surface area contributed by atoms with Gasteiger partial charge in [-0.15, -0.1) is 0 Å². The number of aliphatic carboxylic acids is 1. The van der Waals surface area contributed by atoms with Gasteiger partial charge in [-0.3, -0.25) is 9.59 Å². The second-order valence-corrected chi connectivity index (χ2v) is 8.94. The first-order valence-corrected chi connectivity index (χ1v) is 11.5. The summed E-state index contributed by atoms with van der Waals surface area (Å²) in [6.07, 6.45) is -0.474. The molecule has 0 radical (unpaired) electrons. The number of hydrogen-bond acceptors (Lipinski definition) is 6. The van der Waals surface area contributed by atoms with E-state index in [0.29, 0.717) is 13.0 Å². The first-order chi connectivity index (χ1) is 16.7. The molecule has 3 rings (SSSR count). The summed E-state index contributed by atoms with van der Waals surface area (Å²) in [5, 5.41) is 24.2. The summed E-state index contributed by atoms with van der Waals surface area (Å²) in [6, 6.07) is 15.1. The molecule has 35 heavy (non-hydrogen) atoms. The number of methoxy groups -OCH3 is 1. The third-order valence-corrected chi connectivity index (χ3v) is 5.97. The van der Waals surface area contributed by atoms with Crippen molar-refractivity contribution in [3.8, 4) is 11.1 Å². The number of carbonyl (C=O) groups excluding carboxylic acids is 2. The molecule has 0 bridgehead atoms. The number of carboxylic acid groups (broad SMARTS) is 1. The lowest BCUT2D eigenvalue weighted by Crippen LogP contribution is -2.51. The van der Waals surface area contributed by atoms with Crippen LogP contribution >= 0.6 is 0 Å². The third-order valence-electron chi connectivity index (χ3n) is 5.97. The topological polar surface area (TPSA) is 134 Å². The summed E-state index contributed by atoms with van der Waals surface area (Å²) in [5.41, 5.74) is 2.76. The van der Waals surface area contributed by atoms with Crippen LogP contribution in [0.4, 0.5) is 4.79 Å². The molecule has 0 saturated carbocycles. The smallest absolute Gasteiger partial charge is 0.407 e. The zero-order chi connectivity index (χ0) is 25.4. The van der Waals surface area contributed by atoms with Crippen LogP contribution in [0.1, 0.15) is 43.2 Å². The van der Waals surface area contributed by atoms with Crippen LogP contribution in [-0.2, 0) is 19.1 Å². The minimum absolute atomic E-state index is 0.111. The van der Waals surface area contributed by atoms with Crippen molar-refractivity contribution in [2.24, 2.45) is 0 Å². The summed E-state index contributed by atoms with van der Waals surface area (Å²) in [6.45, 7) is 1.55. The summed E-state index contributed by atoms with van der Waals surface area (Å²) < 4.78 is 10.6. The summed E-state index contributed by atoms with van der Waals surface area (Å²) in [4.78, 5) is 36.2. The molecule has 0 fully saturated rings. The van der Waals surface area contributed by atoms with Gasteiger partial charge >= 0.3 is 12.1 Å². The number of alkyl carbamates (subject to hydrolysis) is 1. The highest BCUT2D eigenvalue weighted by Gasteiger charge is 2.30. The van der Waals surface area contributed by atoms with Crippen LogP contribution in [0.2, 0.25) is 0 Å². The van der Waals surface area contributed by atoms with Crippen LogP contribution in [0.3, 0.4) is 0 Å². The maximum absolute atomic E-state index is 12.7. The molecule has 0 spiro atoms. The highest BCUT2D eigenvalue weighted by Crippen LogP contribution is 2.44. The van der Waals surface area contributed by atoms with Crippen molar-refractivity contribution in [2.45, 2.75) is 43.7 Å². The second-order valence-electron chi connectivity index (χ2n) is 8.94. The molecule has 0 aromatic heterocycles. The molecule has 2 amide bonds. The van der Waals surface area contributed by atoms with Gasteiger partial charge in [-0.25, -0.2) is 4.79 Å². The lowest BCUT2D eigenvalue weighted by molar-refractivity contribution is -0.142. The van der Waals surface area contributed by atoms with Crippen molar-refractivity contribution in [1.82, 2.24) is 10.6 Å². The van der Waals surface area contributed by atoms with Crippen LogP contribution < -0.4 is 10.6 Å². The normalized spacial score (nSPS) is 14.8. The molecule has 1 aliphatic rings. The van der Waals surface area contributed by atoms with E-state index in [2.05, 4.69) is 10.6 Å². The molecule has 2 aromatic rings. The zero-order valence-electron chi connectivity index (χ0n) is 20.0. The summed E-state index contributed by atoms with van der Waals surface area (Å²) >= 11 is 0. The van der Waals surface area contributed by atoms with Crippen LogP contribution in [0, 0.1) is 0 Å². The number of carbonyl (C=O) groups is 3. The third kappa shape index (κ3) is 7.03. The van der Waals surface area contributed by atoms with Crippen LogP contribution in [0.15, 0.2) is 48.5 Å². The van der Waals surface area contributed by atoms with Crippen LogP contribution in [0.25, 0.3) is 11.1 Å². The van der Waals surface area contributed by atoms with Gasteiger partial charge in [-0.05, 0) is 42.0 Å². The van der Waals surface area contributed by atoms with Gasteiger partial charge in [0.15, 0.2) is 0 Å². The van der Waals surface area contributed by atoms with E-state index in [-0.39, 0.29) is 25.5 Å². The van der Waals surface area contributed by atoms with Crippen molar-refractivity contribution >= 4 is 18.0 Å². The zero-order valence-corrected chi connectivity index (χ0v) is 20.0. The summed E-state index contributed by atoms with van der Waals surface area (Å²) in [5.74, 6) is -1.84. The van der Waals surface area contributed by atoms with E-state index in [4.69, 9.17) is 14.6 Å². The molecule has 0 heterocycles.